The minimum Gasteiger partial charge on any atom is -0.447 e. The molecule has 1 N–H and O–H groups in total. The Bertz CT molecular complexity index is 606. The van der Waals surface area contributed by atoms with Crippen LogP contribution in [0.15, 0.2) is 24.3 Å². The number of carbonyl (C=O) groups is 3. The molecule has 0 aliphatic carbocycles. The third-order valence-corrected chi connectivity index (χ3v) is 3.39. The van der Waals surface area contributed by atoms with E-state index in [0.29, 0.717) is 18.8 Å². The molecule has 2 rings (SSSR count). The number of benzene rings is 1. The first-order valence-corrected chi connectivity index (χ1v) is 7.77. The predicted octanol–water partition coefficient (Wildman–Crippen LogP) is 2.80. The summed E-state index contributed by atoms with van der Waals surface area (Å²) in [5.74, 6) is 0. The van der Waals surface area contributed by atoms with Gasteiger partial charge < -0.3 is 19.6 Å². The van der Waals surface area contributed by atoms with Crippen molar-refractivity contribution in [3.05, 3.63) is 29.8 Å². The second-order valence-corrected chi connectivity index (χ2v) is 6.46. The van der Waals surface area contributed by atoms with Crippen LogP contribution in [0.4, 0.5) is 15.3 Å². The highest BCUT2D eigenvalue weighted by atomic mass is 16.6. The van der Waals surface area contributed by atoms with Crippen molar-refractivity contribution in [2.45, 2.75) is 38.8 Å². The lowest BCUT2D eigenvalue weighted by Gasteiger charge is -2.23. The SMILES string of the molecule is CC(C)(C)OC(=O)N[C@H](CC=O)c1ccc(N2CCOC2=O)cc1. The van der Waals surface area contributed by atoms with Crippen LogP contribution in [-0.2, 0) is 14.3 Å². The van der Waals surface area contributed by atoms with Crippen LogP contribution in [0.3, 0.4) is 0 Å². The van der Waals surface area contributed by atoms with Gasteiger partial charge in [0.1, 0.15) is 18.5 Å². The van der Waals surface area contributed by atoms with E-state index in [9.17, 15) is 14.4 Å². The smallest absolute Gasteiger partial charge is 0.414 e. The fraction of sp³-hybridized carbons (Fsp3) is 0.471. The number of aldehydes is 1. The van der Waals surface area contributed by atoms with Gasteiger partial charge >= 0.3 is 12.2 Å². The van der Waals surface area contributed by atoms with Crippen molar-refractivity contribution in [1.82, 2.24) is 5.32 Å². The zero-order valence-electron chi connectivity index (χ0n) is 14.1. The normalized spacial score (nSPS) is 15.6. The van der Waals surface area contributed by atoms with Crippen molar-refractivity contribution >= 4 is 24.2 Å². The number of carbonyl (C=O) groups excluding carboxylic acids is 3. The maximum absolute atomic E-state index is 11.9. The maximum Gasteiger partial charge on any atom is 0.414 e. The number of nitrogens with one attached hydrogen (secondary N) is 1. The number of cyclic esters (lactones) is 1. The quantitative estimate of drug-likeness (QED) is 0.837. The van der Waals surface area contributed by atoms with Gasteiger partial charge in [0.2, 0.25) is 0 Å². The molecule has 1 fully saturated rings. The molecule has 1 aromatic rings. The van der Waals surface area contributed by atoms with Crippen molar-refractivity contribution in [3.8, 4) is 0 Å². The molecule has 0 unspecified atom stereocenters. The lowest BCUT2D eigenvalue weighted by atomic mass is 10.0. The summed E-state index contributed by atoms with van der Waals surface area (Å²) in [7, 11) is 0. The second kappa shape index (κ2) is 7.33. The van der Waals surface area contributed by atoms with E-state index in [1.807, 2.05) is 0 Å². The molecule has 130 valence electrons. The van der Waals surface area contributed by atoms with Crippen molar-refractivity contribution in [2.24, 2.45) is 0 Å². The molecule has 1 saturated heterocycles. The first-order chi connectivity index (χ1) is 11.3. The summed E-state index contributed by atoms with van der Waals surface area (Å²) in [5, 5.41) is 2.69. The van der Waals surface area contributed by atoms with Crippen LogP contribution in [0.25, 0.3) is 0 Å². The van der Waals surface area contributed by atoms with E-state index in [-0.39, 0.29) is 12.5 Å². The monoisotopic (exact) mass is 334 g/mol. The second-order valence-electron chi connectivity index (χ2n) is 6.46. The molecule has 0 radical (unpaired) electrons. The Labute approximate surface area is 140 Å². The molecule has 1 atom stereocenters. The summed E-state index contributed by atoms with van der Waals surface area (Å²) >= 11 is 0. The van der Waals surface area contributed by atoms with Crippen LogP contribution in [0.1, 0.15) is 38.8 Å². The van der Waals surface area contributed by atoms with E-state index < -0.39 is 17.7 Å². The van der Waals surface area contributed by atoms with Gasteiger partial charge in [0, 0.05) is 12.1 Å². The highest BCUT2D eigenvalue weighted by Gasteiger charge is 2.24. The Morgan fingerprint density at radius 3 is 2.54 bits per heavy atom. The lowest BCUT2D eigenvalue weighted by molar-refractivity contribution is -0.108. The summed E-state index contributed by atoms with van der Waals surface area (Å²) in [6.07, 6.45) is -0.0846. The summed E-state index contributed by atoms with van der Waals surface area (Å²) in [5.41, 5.74) is 0.850. The third-order valence-electron chi connectivity index (χ3n) is 3.39. The third kappa shape index (κ3) is 4.71. The molecule has 1 heterocycles. The van der Waals surface area contributed by atoms with Crippen LogP contribution < -0.4 is 10.2 Å². The molecule has 24 heavy (non-hydrogen) atoms. The van der Waals surface area contributed by atoms with Gasteiger partial charge in [-0.15, -0.1) is 0 Å². The Balaban J connectivity index is 2.08. The Morgan fingerprint density at radius 1 is 1.38 bits per heavy atom. The van der Waals surface area contributed by atoms with Crippen LogP contribution in [0, 0.1) is 0 Å². The number of hydrogen-bond donors (Lipinski definition) is 1. The number of rotatable bonds is 5. The molecule has 1 aliphatic heterocycles. The van der Waals surface area contributed by atoms with Gasteiger partial charge in [0.15, 0.2) is 0 Å². The van der Waals surface area contributed by atoms with Crippen LogP contribution >= 0.6 is 0 Å². The number of ether oxygens (including phenoxy) is 2. The topological polar surface area (TPSA) is 84.9 Å². The summed E-state index contributed by atoms with van der Waals surface area (Å²) in [6.45, 7) is 6.18. The fourth-order valence-corrected chi connectivity index (χ4v) is 2.34. The van der Waals surface area contributed by atoms with Gasteiger partial charge in [-0.25, -0.2) is 9.59 Å². The van der Waals surface area contributed by atoms with Gasteiger partial charge in [-0.3, -0.25) is 4.90 Å². The number of nitrogens with zero attached hydrogens (tertiary/aromatic N) is 1. The highest BCUT2D eigenvalue weighted by Crippen LogP contribution is 2.23. The van der Waals surface area contributed by atoms with Gasteiger partial charge in [-0.2, -0.15) is 0 Å². The first kappa shape index (κ1) is 17.8. The van der Waals surface area contributed by atoms with E-state index in [0.717, 1.165) is 11.8 Å². The minimum absolute atomic E-state index is 0.129. The molecule has 0 spiro atoms. The molecule has 7 nitrogen and oxygen atoms in total. The number of anilines is 1. The van der Waals surface area contributed by atoms with Crippen molar-refractivity contribution in [1.29, 1.82) is 0 Å². The lowest BCUT2D eigenvalue weighted by Crippen LogP contribution is -2.35. The van der Waals surface area contributed by atoms with Crippen molar-refractivity contribution in [3.63, 3.8) is 0 Å². The standard InChI is InChI=1S/C17H22N2O5/c1-17(2,3)24-15(21)18-14(8-10-20)12-4-6-13(7-5-12)19-9-11-23-16(19)22/h4-7,10,14H,8-9,11H2,1-3H3,(H,18,21)/t14-/m1/s1. The van der Waals surface area contributed by atoms with E-state index >= 15 is 0 Å². The molecular formula is C17H22N2O5. The molecule has 7 heteroatoms. The van der Waals surface area contributed by atoms with E-state index in [4.69, 9.17) is 9.47 Å². The van der Waals surface area contributed by atoms with Gasteiger partial charge in [-0.1, -0.05) is 12.1 Å². The summed E-state index contributed by atoms with van der Waals surface area (Å²) in [6, 6.07) is 6.57. The summed E-state index contributed by atoms with van der Waals surface area (Å²) < 4.78 is 10.1. The van der Waals surface area contributed by atoms with Gasteiger partial charge in [0.05, 0.1) is 12.6 Å². The largest absolute Gasteiger partial charge is 0.447 e. The molecule has 0 aromatic heterocycles. The Morgan fingerprint density at radius 2 is 2.04 bits per heavy atom. The molecule has 0 saturated carbocycles. The fourth-order valence-electron chi connectivity index (χ4n) is 2.34. The average molecular weight is 334 g/mol. The molecule has 1 aliphatic rings. The zero-order chi connectivity index (χ0) is 17.7. The van der Waals surface area contributed by atoms with E-state index in [1.165, 1.54) is 4.90 Å². The number of hydrogen-bond acceptors (Lipinski definition) is 5. The number of amides is 2. The first-order valence-electron chi connectivity index (χ1n) is 7.77. The van der Waals surface area contributed by atoms with Crippen LogP contribution in [0.2, 0.25) is 0 Å². The summed E-state index contributed by atoms with van der Waals surface area (Å²) in [4.78, 5) is 35.9. The molecule has 0 bridgehead atoms. The van der Waals surface area contributed by atoms with Gasteiger partial charge in [-0.05, 0) is 38.5 Å². The zero-order valence-corrected chi connectivity index (χ0v) is 14.1. The Kier molecular flexibility index (Phi) is 5.43. The maximum atomic E-state index is 11.9. The highest BCUT2D eigenvalue weighted by molar-refractivity contribution is 5.89. The van der Waals surface area contributed by atoms with E-state index in [1.54, 1.807) is 45.0 Å². The molecular weight excluding hydrogens is 312 g/mol. The number of alkyl carbamates (subject to hydrolysis) is 1. The van der Waals surface area contributed by atoms with Crippen LogP contribution in [0.5, 0.6) is 0 Å². The molecule has 1 aromatic carbocycles. The minimum atomic E-state index is -0.615. The van der Waals surface area contributed by atoms with E-state index in [2.05, 4.69) is 5.32 Å². The Hall–Kier alpha value is -2.57. The van der Waals surface area contributed by atoms with Gasteiger partial charge in [0.25, 0.3) is 0 Å². The average Bonchev–Trinajstić information content (AvgIpc) is 2.91. The van der Waals surface area contributed by atoms with Crippen molar-refractivity contribution < 1.29 is 23.9 Å². The predicted molar refractivity (Wildman–Crippen MR) is 87.9 cm³/mol. The van der Waals surface area contributed by atoms with Crippen LogP contribution in [-0.4, -0.2) is 37.2 Å². The van der Waals surface area contributed by atoms with Crippen molar-refractivity contribution in [2.75, 3.05) is 18.1 Å². The molecule has 2 amide bonds.